The van der Waals surface area contributed by atoms with Gasteiger partial charge in [-0.25, -0.2) is 4.79 Å². The van der Waals surface area contributed by atoms with Crippen LogP contribution in [0.4, 0.5) is 16.2 Å². The van der Waals surface area contributed by atoms with E-state index in [0.717, 1.165) is 16.9 Å². The van der Waals surface area contributed by atoms with Crippen LogP contribution in [-0.4, -0.2) is 62.9 Å². The molecule has 1 aliphatic rings. The first-order chi connectivity index (χ1) is 11.3. The molecule has 0 spiro atoms. The van der Waals surface area contributed by atoms with Crippen LogP contribution in [0.5, 0.6) is 0 Å². The first-order valence-corrected chi connectivity index (χ1v) is 7.86. The third-order valence-electron chi connectivity index (χ3n) is 4.54. The molecule has 7 nitrogen and oxygen atoms in total. The molecule has 1 aromatic rings. The van der Waals surface area contributed by atoms with Crippen LogP contribution in [0.25, 0.3) is 0 Å². The molecule has 0 saturated carbocycles. The second-order valence-corrected chi connectivity index (χ2v) is 6.46. The van der Waals surface area contributed by atoms with E-state index < -0.39 is 11.4 Å². The fourth-order valence-corrected chi connectivity index (χ4v) is 3.11. The molecule has 0 aromatic heterocycles. The van der Waals surface area contributed by atoms with Crippen LogP contribution in [0.15, 0.2) is 18.2 Å². The summed E-state index contributed by atoms with van der Waals surface area (Å²) in [6.07, 6.45) is 0.389. The van der Waals surface area contributed by atoms with Crippen LogP contribution in [0.1, 0.15) is 12.0 Å². The van der Waals surface area contributed by atoms with Crippen molar-refractivity contribution in [1.82, 2.24) is 4.90 Å². The molecule has 1 saturated heterocycles. The lowest BCUT2D eigenvalue weighted by molar-refractivity contribution is -0.151. The van der Waals surface area contributed by atoms with Gasteiger partial charge in [0.25, 0.3) is 0 Å². The second-order valence-electron chi connectivity index (χ2n) is 6.46. The second kappa shape index (κ2) is 7.09. The molecule has 132 valence electrons. The van der Waals surface area contributed by atoms with Gasteiger partial charge in [-0.15, -0.1) is 0 Å². The van der Waals surface area contributed by atoms with Gasteiger partial charge in [0, 0.05) is 45.7 Å². The number of hydrogen-bond acceptors (Lipinski definition) is 4. The summed E-state index contributed by atoms with van der Waals surface area (Å²) in [6.45, 7) is 2.59. The fourth-order valence-electron chi connectivity index (χ4n) is 3.11. The average molecular weight is 335 g/mol. The molecule has 2 N–H and O–H groups in total. The van der Waals surface area contributed by atoms with Gasteiger partial charge in [0.1, 0.15) is 5.41 Å². The summed E-state index contributed by atoms with van der Waals surface area (Å²) in [7, 11) is 5.37. The number of aliphatic carboxylic acids is 1. The summed E-state index contributed by atoms with van der Waals surface area (Å²) in [6, 6.07) is 5.42. The number of nitrogens with zero attached hydrogens (tertiary/aromatic N) is 2. The van der Waals surface area contributed by atoms with E-state index in [4.69, 9.17) is 4.74 Å². The first kappa shape index (κ1) is 18.1. The number of methoxy groups -OCH3 is 1. The molecule has 7 heteroatoms. The summed E-state index contributed by atoms with van der Waals surface area (Å²) in [5, 5.41) is 12.4. The third-order valence-corrected chi connectivity index (χ3v) is 4.54. The van der Waals surface area contributed by atoms with Gasteiger partial charge in [-0.05, 0) is 31.0 Å². The highest BCUT2D eigenvalue weighted by Gasteiger charge is 2.46. The summed E-state index contributed by atoms with van der Waals surface area (Å²) in [5.74, 6) is -0.926. The predicted octanol–water partition coefficient (Wildman–Crippen LogP) is 2.02. The van der Waals surface area contributed by atoms with Crippen LogP contribution in [0, 0.1) is 12.3 Å². The summed E-state index contributed by atoms with van der Waals surface area (Å²) < 4.78 is 5.05. The van der Waals surface area contributed by atoms with E-state index in [-0.39, 0.29) is 19.2 Å². The smallest absolute Gasteiger partial charge is 0.321 e. The lowest BCUT2D eigenvalue weighted by Gasteiger charge is -2.24. The highest BCUT2D eigenvalue weighted by molar-refractivity contribution is 5.92. The zero-order chi connectivity index (χ0) is 17.9. The Morgan fingerprint density at radius 1 is 1.42 bits per heavy atom. The number of carbonyl (C=O) groups is 2. The van der Waals surface area contributed by atoms with Gasteiger partial charge < -0.3 is 25.0 Å². The first-order valence-electron chi connectivity index (χ1n) is 7.86. The van der Waals surface area contributed by atoms with Crippen molar-refractivity contribution in [3.63, 3.8) is 0 Å². The summed E-state index contributed by atoms with van der Waals surface area (Å²) in [4.78, 5) is 27.6. The molecule has 1 unspecified atom stereocenters. The van der Waals surface area contributed by atoms with Crippen LogP contribution < -0.4 is 10.2 Å². The zero-order valence-corrected chi connectivity index (χ0v) is 14.6. The topological polar surface area (TPSA) is 82.1 Å². The lowest BCUT2D eigenvalue weighted by Crippen LogP contribution is -2.41. The van der Waals surface area contributed by atoms with Gasteiger partial charge in [-0.2, -0.15) is 0 Å². The maximum Gasteiger partial charge on any atom is 0.321 e. The predicted molar refractivity (Wildman–Crippen MR) is 92.7 cm³/mol. The number of nitrogens with one attached hydrogen (secondary N) is 1. The van der Waals surface area contributed by atoms with Crippen LogP contribution >= 0.6 is 0 Å². The Balaban J connectivity index is 2.12. The lowest BCUT2D eigenvalue weighted by atomic mass is 9.88. The van der Waals surface area contributed by atoms with E-state index in [9.17, 15) is 14.7 Å². The van der Waals surface area contributed by atoms with Crippen molar-refractivity contribution in [2.24, 2.45) is 5.41 Å². The van der Waals surface area contributed by atoms with Crippen molar-refractivity contribution in [2.45, 2.75) is 13.3 Å². The molecule has 2 amide bonds. The maximum absolute atomic E-state index is 12.5. The largest absolute Gasteiger partial charge is 0.481 e. The van der Waals surface area contributed by atoms with Crippen LogP contribution in [0.3, 0.4) is 0 Å². The summed E-state index contributed by atoms with van der Waals surface area (Å²) in [5.41, 5.74) is 1.70. The monoisotopic (exact) mass is 335 g/mol. The van der Waals surface area contributed by atoms with E-state index in [0.29, 0.717) is 13.0 Å². The summed E-state index contributed by atoms with van der Waals surface area (Å²) >= 11 is 0. The Bertz CT molecular complexity index is 632. The van der Waals surface area contributed by atoms with E-state index >= 15 is 0 Å². The molecule has 0 radical (unpaired) electrons. The Morgan fingerprint density at radius 2 is 2.12 bits per heavy atom. The molecule has 1 aliphatic heterocycles. The Morgan fingerprint density at radius 3 is 2.71 bits per heavy atom. The minimum atomic E-state index is -1.02. The molecule has 1 atom stereocenters. The highest BCUT2D eigenvalue weighted by Crippen LogP contribution is 2.32. The van der Waals surface area contributed by atoms with Crippen molar-refractivity contribution < 1.29 is 19.4 Å². The van der Waals surface area contributed by atoms with E-state index in [1.54, 1.807) is 0 Å². The number of carboxylic acid groups (broad SMARTS) is 1. The van der Waals surface area contributed by atoms with Crippen LogP contribution in [0.2, 0.25) is 0 Å². The van der Waals surface area contributed by atoms with Gasteiger partial charge in [-0.3, -0.25) is 4.79 Å². The molecule has 0 bridgehead atoms. The SMILES string of the molecule is COCC1(C(=O)O)CCN(C(=O)Nc2cccc(N(C)C)c2C)C1. The Kier molecular flexibility index (Phi) is 5.33. The minimum Gasteiger partial charge on any atom is -0.481 e. The number of amides is 2. The molecule has 24 heavy (non-hydrogen) atoms. The Labute approximate surface area is 142 Å². The number of hydrogen-bond donors (Lipinski definition) is 2. The zero-order valence-electron chi connectivity index (χ0n) is 14.6. The average Bonchev–Trinajstić information content (AvgIpc) is 2.95. The number of likely N-dealkylation sites (tertiary alicyclic amines) is 1. The molecular weight excluding hydrogens is 310 g/mol. The number of benzene rings is 1. The maximum atomic E-state index is 12.5. The highest BCUT2D eigenvalue weighted by atomic mass is 16.5. The molecule has 1 fully saturated rings. The van der Waals surface area contributed by atoms with E-state index in [1.165, 1.54) is 12.0 Å². The third kappa shape index (κ3) is 3.46. The van der Waals surface area contributed by atoms with E-state index in [2.05, 4.69) is 5.32 Å². The number of rotatable bonds is 5. The van der Waals surface area contributed by atoms with Crippen molar-refractivity contribution >= 4 is 23.4 Å². The van der Waals surface area contributed by atoms with Crippen molar-refractivity contribution in [3.05, 3.63) is 23.8 Å². The quantitative estimate of drug-likeness (QED) is 0.860. The molecular formula is C17H25N3O4. The van der Waals surface area contributed by atoms with Gasteiger partial charge in [0.2, 0.25) is 0 Å². The normalized spacial score (nSPS) is 20.1. The van der Waals surface area contributed by atoms with Gasteiger partial charge >= 0.3 is 12.0 Å². The minimum absolute atomic E-state index is 0.0985. The molecule has 0 aliphatic carbocycles. The van der Waals surface area contributed by atoms with Crippen molar-refractivity contribution in [1.29, 1.82) is 0 Å². The number of carbonyl (C=O) groups excluding carboxylic acids is 1. The van der Waals surface area contributed by atoms with Gasteiger partial charge in [-0.1, -0.05) is 6.07 Å². The number of urea groups is 1. The van der Waals surface area contributed by atoms with Gasteiger partial charge in [0.15, 0.2) is 0 Å². The van der Waals surface area contributed by atoms with Gasteiger partial charge in [0.05, 0.1) is 6.61 Å². The number of carboxylic acids is 1. The molecule has 2 rings (SSSR count). The van der Waals surface area contributed by atoms with E-state index in [1.807, 2.05) is 44.1 Å². The van der Waals surface area contributed by atoms with Crippen molar-refractivity contribution in [2.75, 3.05) is 51.1 Å². The fraction of sp³-hybridized carbons (Fsp3) is 0.529. The standard InChI is InChI=1S/C17H25N3O4/c1-12-13(6-5-7-14(12)19(2)3)18-16(23)20-9-8-17(10-20,11-24-4)15(21)22/h5-7H,8-11H2,1-4H3,(H,18,23)(H,21,22). The Hall–Kier alpha value is -2.28. The molecule has 1 aromatic carbocycles. The number of anilines is 2. The van der Waals surface area contributed by atoms with Crippen LogP contribution in [-0.2, 0) is 9.53 Å². The number of ether oxygens (including phenoxy) is 1. The van der Waals surface area contributed by atoms with Crippen molar-refractivity contribution in [3.8, 4) is 0 Å². The molecule has 1 heterocycles.